The molecule has 0 aromatic heterocycles. The normalized spacial score (nSPS) is 20.9. The van der Waals surface area contributed by atoms with Gasteiger partial charge in [0.2, 0.25) is 5.91 Å². The molecule has 0 aliphatic carbocycles. The average Bonchev–Trinajstić information content (AvgIpc) is 3.25. The quantitative estimate of drug-likeness (QED) is 0.340. The van der Waals surface area contributed by atoms with Crippen LogP contribution in [-0.4, -0.2) is 102 Å². The van der Waals surface area contributed by atoms with Gasteiger partial charge in [-0.15, -0.1) is 0 Å². The SMILES string of the molecule is Nc1c(Br)cc(C[C@@H](NC(=O)N2CCC(N3CCc4ccccc4NC3=O)CC2)C(=O)N2CCC(N3CCCCC3)CC2)cc1Br. The minimum absolute atomic E-state index is 0.0368. The smallest absolute Gasteiger partial charge is 0.322 e. The number of nitrogens with two attached hydrogens (primary N) is 1. The van der Waals surface area contributed by atoms with E-state index in [1.54, 1.807) is 4.90 Å². The standard InChI is InChI=1S/C34H45Br2N7O3/c35-27-20-23(21-28(36)31(27)37)22-30(32(44)41-15-9-25(10-16-41)40-13-4-1-5-14-40)39-33(45)42-17-11-26(12-18-42)43-19-8-24-6-2-3-7-29(24)38-34(43)46/h2-3,6-7,20-21,25-26,30H,1,4-5,8-19,22,37H2,(H,38,46)(H,39,45)/t30-/m1/s1. The summed E-state index contributed by atoms with van der Waals surface area (Å²) in [6, 6.07) is 11.4. The van der Waals surface area contributed by atoms with E-state index in [9.17, 15) is 14.4 Å². The number of urea groups is 2. The molecule has 1 atom stereocenters. The van der Waals surface area contributed by atoms with Gasteiger partial charge in [0.05, 0.1) is 5.69 Å². The second-order valence-corrected chi connectivity index (χ2v) is 14.8. The van der Waals surface area contributed by atoms with E-state index >= 15 is 0 Å². The van der Waals surface area contributed by atoms with Crippen LogP contribution in [0.2, 0.25) is 0 Å². The highest BCUT2D eigenvalue weighted by molar-refractivity contribution is 9.11. The van der Waals surface area contributed by atoms with Gasteiger partial charge in [-0.25, -0.2) is 9.59 Å². The fraction of sp³-hybridized carbons (Fsp3) is 0.559. The minimum atomic E-state index is -0.700. The van der Waals surface area contributed by atoms with E-state index in [1.165, 1.54) is 19.3 Å². The van der Waals surface area contributed by atoms with Crippen molar-refractivity contribution >= 4 is 61.2 Å². The van der Waals surface area contributed by atoms with Crippen LogP contribution in [0.5, 0.6) is 0 Å². The van der Waals surface area contributed by atoms with Crippen molar-refractivity contribution in [2.75, 3.05) is 56.9 Å². The number of halogens is 2. The van der Waals surface area contributed by atoms with Crippen LogP contribution in [0, 0.1) is 0 Å². The first-order valence-electron chi connectivity index (χ1n) is 16.7. The molecular weight excluding hydrogens is 714 g/mol. The van der Waals surface area contributed by atoms with E-state index in [0.29, 0.717) is 63.7 Å². The number of likely N-dealkylation sites (tertiary alicyclic amines) is 3. The Bertz CT molecular complexity index is 1400. The number of piperidine rings is 3. The molecule has 6 rings (SSSR count). The van der Waals surface area contributed by atoms with Crippen LogP contribution in [-0.2, 0) is 17.6 Å². The van der Waals surface area contributed by atoms with Crippen LogP contribution in [0.1, 0.15) is 56.1 Å². The number of rotatable bonds is 6. The summed E-state index contributed by atoms with van der Waals surface area (Å²) in [5.74, 6) is -0.0368. The van der Waals surface area contributed by atoms with Crippen LogP contribution >= 0.6 is 31.9 Å². The number of anilines is 2. The zero-order valence-corrected chi connectivity index (χ0v) is 29.5. The van der Waals surface area contributed by atoms with Crippen molar-refractivity contribution in [2.45, 2.75) is 75.9 Å². The fourth-order valence-corrected chi connectivity index (χ4v) is 8.79. The molecule has 4 N–H and O–H groups in total. The Labute approximate surface area is 288 Å². The maximum atomic E-state index is 14.0. The Hall–Kier alpha value is -2.83. The molecule has 0 spiro atoms. The van der Waals surface area contributed by atoms with Gasteiger partial charge in [0.15, 0.2) is 0 Å². The highest BCUT2D eigenvalue weighted by Gasteiger charge is 2.35. The molecule has 2 aromatic rings. The number of para-hydroxylation sites is 1. The third-order valence-corrected chi connectivity index (χ3v) is 11.5. The lowest BCUT2D eigenvalue weighted by Crippen LogP contribution is -2.57. The molecule has 5 amide bonds. The number of hydrogen-bond donors (Lipinski definition) is 3. The number of nitrogens with one attached hydrogen (secondary N) is 2. The Kier molecular flexibility index (Phi) is 10.7. The third kappa shape index (κ3) is 7.65. The van der Waals surface area contributed by atoms with Crippen LogP contribution in [0.15, 0.2) is 45.3 Å². The number of carbonyl (C=O) groups is 3. The molecule has 10 nitrogen and oxygen atoms in total. The zero-order valence-electron chi connectivity index (χ0n) is 26.4. The predicted octanol–water partition coefficient (Wildman–Crippen LogP) is 5.45. The summed E-state index contributed by atoms with van der Waals surface area (Å²) >= 11 is 7.06. The number of hydrogen-bond acceptors (Lipinski definition) is 5. The minimum Gasteiger partial charge on any atom is -0.397 e. The number of amides is 5. The summed E-state index contributed by atoms with van der Waals surface area (Å²) in [4.78, 5) is 49.1. The molecule has 0 bridgehead atoms. The molecule has 0 radical (unpaired) electrons. The van der Waals surface area contributed by atoms with Gasteiger partial charge in [0, 0.05) is 65.9 Å². The first-order valence-corrected chi connectivity index (χ1v) is 18.3. The van der Waals surface area contributed by atoms with Crippen molar-refractivity contribution in [3.63, 3.8) is 0 Å². The largest absolute Gasteiger partial charge is 0.397 e. The van der Waals surface area contributed by atoms with E-state index in [4.69, 9.17) is 5.73 Å². The molecule has 46 heavy (non-hydrogen) atoms. The van der Waals surface area contributed by atoms with Crippen LogP contribution in [0.4, 0.5) is 21.0 Å². The maximum Gasteiger partial charge on any atom is 0.322 e. The summed E-state index contributed by atoms with van der Waals surface area (Å²) in [5.41, 5.74) is 9.65. The molecule has 4 aliphatic rings. The molecule has 0 saturated carbocycles. The van der Waals surface area contributed by atoms with Crippen LogP contribution in [0.25, 0.3) is 0 Å². The van der Waals surface area contributed by atoms with Gasteiger partial charge in [0.1, 0.15) is 6.04 Å². The second-order valence-electron chi connectivity index (χ2n) is 13.1. The van der Waals surface area contributed by atoms with Crippen molar-refractivity contribution in [3.8, 4) is 0 Å². The lowest BCUT2D eigenvalue weighted by molar-refractivity contribution is -0.134. The molecule has 2 aromatic carbocycles. The lowest BCUT2D eigenvalue weighted by atomic mass is 9.98. The summed E-state index contributed by atoms with van der Waals surface area (Å²) < 4.78 is 1.50. The Morgan fingerprint density at radius 2 is 1.50 bits per heavy atom. The van der Waals surface area contributed by atoms with E-state index in [-0.39, 0.29) is 24.0 Å². The number of nitrogen functional groups attached to an aromatic ring is 1. The van der Waals surface area contributed by atoms with Gasteiger partial charge >= 0.3 is 12.1 Å². The summed E-state index contributed by atoms with van der Waals surface area (Å²) in [6.07, 6.45) is 8.31. The average molecular weight is 760 g/mol. The molecule has 3 fully saturated rings. The third-order valence-electron chi connectivity index (χ3n) is 10.2. The number of carbonyl (C=O) groups excluding carboxylic acids is 3. The van der Waals surface area contributed by atoms with Gasteiger partial charge in [-0.2, -0.15) is 0 Å². The van der Waals surface area contributed by atoms with Gasteiger partial charge < -0.3 is 36.0 Å². The second kappa shape index (κ2) is 14.9. The number of nitrogens with zero attached hydrogens (tertiary/aromatic N) is 4. The summed E-state index contributed by atoms with van der Waals surface area (Å²) in [6.45, 7) is 5.42. The van der Waals surface area contributed by atoms with Crippen molar-refractivity contribution in [3.05, 3.63) is 56.5 Å². The Balaban J connectivity index is 1.09. The molecule has 12 heteroatoms. The first-order chi connectivity index (χ1) is 22.3. The topological polar surface area (TPSA) is 114 Å². The highest BCUT2D eigenvalue weighted by atomic mass is 79.9. The Morgan fingerprint density at radius 1 is 0.870 bits per heavy atom. The monoisotopic (exact) mass is 757 g/mol. The molecule has 4 heterocycles. The first kappa shape index (κ1) is 33.1. The summed E-state index contributed by atoms with van der Waals surface area (Å²) in [7, 11) is 0. The van der Waals surface area contributed by atoms with E-state index < -0.39 is 6.04 Å². The van der Waals surface area contributed by atoms with Gasteiger partial charge in [-0.1, -0.05) is 24.6 Å². The summed E-state index contributed by atoms with van der Waals surface area (Å²) in [5, 5.41) is 6.18. The van der Waals surface area contributed by atoms with Crippen LogP contribution in [0.3, 0.4) is 0 Å². The van der Waals surface area contributed by atoms with Crippen LogP contribution < -0.4 is 16.4 Å². The van der Waals surface area contributed by atoms with Crippen molar-refractivity contribution < 1.29 is 14.4 Å². The van der Waals surface area contributed by atoms with E-state index in [2.05, 4.69) is 53.5 Å². The predicted molar refractivity (Wildman–Crippen MR) is 188 cm³/mol. The maximum absolute atomic E-state index is 14.0. The fourth-order valence-electron chi connectivity index (χ4n) is 7.50. The molecule has 3 saturated heterocycles. The van der Waals surface area contributed by atoms with Gasteiger partial charge in [-0.3, -0.25) is 4.79 Å². The molecule has 4 aliphatic heterocycles. The van der Waals surface area contributed by atoms with Crippen molar-refractivity contribution in [2.24, 2.45) is 0 Å². The van der Waals surface area contributed by atoms with E-state index in [0.717, 1.165) is 58.1 Å². The Morgan fingerprint density at radius 3 is 2.20 bits per heavy atom. The molecular formula is C34H45Br2N7O3. The van der Waals surface area contributed by atoms with Gasteiger partial charge in [-0.05, 0) is 119 Å². The zero-order chi connectivity index (χ0) is 32.2. The van der Waals surface area contributed by atoms with Crippen molar-refractivity contribution in [1.82, 2.24) is 24.9 Å². The van der Waals surface area contributed by atoms with Crippen molar-refractivity contribution in [1.29, 1.82) is 0 Å². The van der Waals surface area contributed by atoms with Gasteiger partial charge in [0.25, 0.3) is 0 Å². The molecule has 0 unspecified atom stereocenters. The van der Waals surface area contributed by atoms with E-state index in [1.807, 2.05) is 40.1 Å². The number of benzene rings is 2. The molecule has 248 valence electrons. The number of fused-ring (bicyclic) bond motifs is 1. The lowest BCUT2D eigenvalue weighted by Gasteiger charge is -2.41. The highest BCUT2D eigenvalue weighted by Crippen LogP contribution is 2.31.